The Hall–Kier alpha value is -3.52. The van der Waals surface area contributed by atoms with Gasteiger partial charge in [0.15, 0.2) is 6.39 Å². The van der Waals surface area contributed by atoms with Crippen LogP contribution >= 0.6 is 11.8 Å². The molecule has 1 aromatic heterocycles. The van der Waals surface area contributed by atoms with Crippen molar-refractivity contribution in [2.75, 3.05) is 11.9 Å². The SMILES string of the molecule is Cc1ncoc1CN(CC(=O)Nc1ccc(C(F)(F)F)cc1C(F)(F)F)Cc1ccc(SC(C)(C)C(=O)O)cc1. The number of anilines is 1. The van der Waals surface area contributed by atoms with Crippen molar-refractivity contribution in [2.45, 2.75) is 55.9 Å². The van der Waals surface area contributed by atoms with Crippen molar-refractivity contribution in [3.05, 3.63) is 77.0 Å². The van der Waals surface area contributed by atoms with Gasteiger partial charge in [-0.25, -0.2) is 4.98 Å². The Morgan fingerprint density at radius 3 is 2.17 bits per heavy atom. The summed E-state index contributed by atoms with van der Waals surface area (Å²) >= 11 is 1.14. The molecule has 14 heteroatoms. The molecule has 0 radical (unpaired) electrons. The number of carbonyl (C=O) groups excluding carboxylic acids is 1. The minimum atomic E-state index is -5.14. The molecule has 2 N–H and O–H groups in total. The average Bonchev–Trinajstić information content (AvgIpc) is 3.23. The van der Waals surface area contributed by atoms with E-state index in [4.69, 9.17) is 4.42 Å². The topological polar surface area (TPSA) is 95.7 Å². The second-order valence-corrected chi connectivity index (χ2v) is 11.1. The number of amides is 1. The minimum Gasteiger partial charge on any atom is -0.480 e. The van der Waals surface area contributed by atoms with E-state index in [0.717, 1.165) is 11.8 Å². The van der Waals surface area contributed by atoms with Gasteiger partial charge in [0.2, 0.25) is 5.91 Å². The second-order valence-electron chi connectivity index (χ2n) is 9.37. The van der Waals surface area contributed by atoms with Crippen molar-refractivity contribution >= 4 is 29.3 Å². The van der Waals surface area contributed by atoms with E-state index in [1.165, 1.54) is 6.39 Å². The van der Waals surface area contributed by atoms with E-state index in [0.29, 0.717) is 34.0 Å². The van der Waals surface area contributed by atoms with E-state index >= 15 is 0 Å². The van der Waals surface area contributed by atoms with Gasteiger partial charge in [-0.3, -0.25) is 14.5 Å². The lowest BCUT2D eigenvalue weighted by Gasteiger charge is -2.23. The second kappa shape index (κ2) is 11.9. The molecule has 0 fully saturated rings. The van der Waals surface area contributed by atoms with Crippen LogP contribution in [-0.2, 0) is 35.0 Å². The van der Waals surface area contributed by atoms with Gasteiger partial charge >= 0.3 is 18.3 Å². The smallest absolute Gasteiger partial charge is 0.418 e. The number of alkyl halides is 6. The van der Waals surface area contributed by atoms with Crippen LogP contribution in [0.5, 0.6) is 0 Å². The molecule has 1 amide bonds. The molecule has 3 aromatic rings. The summed E-state index contributed by atoms with van der Waals surface area (Å²) in [6.45, 7) is 4.57. The predicted octanol–water partition coefficient (Wildman–Crippen LogP) is 6.62. The maximum atomic E-state index is 13.5. The van der Waals surface area contributed by atoms with Crippen LogP contribution in [0.3, 0.4) is 0 Å². The van der Waals surface area contributed by atoms with Crippen LogP contribution < -0.4 is 5.32 Å². The third kappa shape index (κ3) is 8.24. The van der Waals surface area contributed by atoms with E-state index in [1.807, 2.05) is 0 Å². The molecular formula is C26H25F6N3O4S. The number of rotatable bonds is 10. The minimum absolute atomic E-state index is 0.0452. The predicted molar refractivity (Wildman–Crippen MR) is 134 cm³/mol. The van der Waals surface area contributed by atoms with Gasteiger partial charge in [0.25, 0.3) is 0 Å². The summed E-state index contributed by atoms with van der Waals surface area (Å²) in [4.78, 5) is 30.4. The number of nitrogens with zero attached hydrogens (tertiary/aromatic N) is 2. The Morgan fingerprint density at radius 1 is 1.00 bits per heavy atom. The summed E-state index contributed by atoms with van der Waals surface area (Å²) in [5, 5.41) is 11.4. The molecule has 0 aliphatic heterocycles. The summed E-state index contributed by atoms with van der Waals surface area (Å²) in [6.07, 6.45) is -8.93. The molecule has 0 atom stereocenters. The zero-order valence-electron chi connectivity index (χ0n) is 21.5. The van der Waals surface area contributed by atoms with Crippen molar-refractivity contribution in [3.8, 4) is 0 Å². The Balaban J connectivity index is 1.80. The summed E-state index contributed by atoms with van der Waals surface area (Å²) in [7, 11) is 0. The van der Waals surface area contributed by atoms with E-state index in [9.17, 15) is 41.0 Å². The number of hydrogen-bond acceptors (Lipinski definition) is 6. The average molecular weight is 590 g/mol. The molecule has 1 heterocycles. The van der Waals surface area contributed by atoms with Gasteiger partial charge in [-0.1, -0.05) is 12.1 Å². The first-order valence-corrected chi connectivity index (χ1v) is 12.5. The number of benzene rings is 2. The zero-order valence-corrected chi connectivity index (χ0v) is 22.3. The first kappa shape index (κ1) is 31.0. The first-order valence-electron chi connectivity index (χ1n) is 11.7. The Labute approximate surface area is 229 Å². The fraction of sp³-hybridized carbons (Fsp3) is 0.346. The summed E-state index contributed by atoms with van der Waals surface area (Å²) in [6, 6.07) is 7.85. The largest absolute Gasteiger partial charge is 0.480 e. The van der Waals surface area contributed by atoms with Crippen LogP contribution in [-0.4, -0.2) is 38.2 Å². The molecular weight excluding hydrogens is 564 g/mol. The number of carbonyl (C=O) groups is 2. The van der Waals surface area contributed by atoms with E-state index in [2.05, 4.69) is 10.3 Å². The quantitative estimate of drug-likeness (QED) is 0.203. The van der Waals surface area contributed by atoms with Crippen LogP contribution in [0.2, 0.25) is 0 Å². The third-order valence-corrected chi connectivity index (χ3v) is 6.92. The van der Waals surface area contributed by atoms with Crippen LogP contribution in [0, 0.1) is 6.92 Å². The maximum absolute atomic E-state index is 13.5. The summed E-state index contributed by atoms with van der Waals surface area (Å²) < 4.78 is 83.7. The highest BCUT2D eigenvalue weighted by Gasteiger charge is 2.38. The normalized spacial score (nSPS) is 12.6. The van der Waals surface area contributed by atoms with Gasteiger partial charge in [-0.15, -0.1) is 11.8 Å². The van der Waals surface area contributed by atoms with Gasteiger partial charge in [0.05, 0.1) is 35.6 Å². The highest BCUT2D eigenvalue weighted by atomic mass is 32.2. The first-order chi connectivity index (χ1) is 18.5. The fourth-order valence-electron chi connectivity index (χ4n) is 3.57. The molecule has 7 nitrogen and oxygen atoms in total. The van der Waals surface area contributed by atoms with Gasteiger partial charge in [-0.2, -0.15) is 26.3 Å². The summed E-state index contributed by atoms with van der Waals surface area (Å²) in [5.41, 5.74) is -2.67. The monoisotopic (exact) mass is 589 g/mol. The Bertz CT molecular complexity index is 1350. The molecule has 0 bridgehead atoms. The summed E-state index contributed by atoms with van der Waals surface area (Å²) in [5.74, 6) is -1.46. The molecule has 40 heavy (non-hydrogen) atoms. The number of carboxylic acid groups (broad SMARTS) is 1. The standard InChI is InChI=1S/C26H25F6N3O4S/c1-15-21(39-14-33-15)12-35(11-16-4-7-18(8-5-16)40-24(2,3)23(37)38)13-22(36)34-20-9-6-17(25(27,28)29)10-19(20)26(30,31)32/h4-10,14H,11-13H2,1-3H3,(H,34,36)(H,37,38). The number of thioether (sulfide) groups is 1. The number of aryl methyl sites for hydroxylation is 1. The van der Waals surface area contributed by atoms with Crippen molar-refractivity contribution in [1.29, 1.82) is 0 Å². The third-order valence-electron chi connectivity index (χ3n) is 5.72. The Kier molecular flexibility index (Phi) is 9.24. The lowest BCUT2D eigenvalue weighted by atomic mass is 10.1. The van der Waals surface area contributed by atoms with Gasteiger partial charge in [0.1, 0.15) is 10.5 Å². The van der Waals surface area contributed by atoms with E-state index in [1.54, 1.807) is 49.9 Å². The lowest BCUT2D eigenvalue weighted by molar-refractivity contribution is -0.143. The molecule has 0 saturated carbocycles. The van der Waals surface area contributed by atoms with E-state index in [-0.39, 0.29) is 19.2 Å². The number of hydrogen-bond donors (Lipinski definition) is 2. The number of oxazole rings is 1. The van der Waals surface area contributed by atoms with Crippen LogP contribution in [0.4, 0.5) is 32.0 Å². The highest BCUT2D eigenvalue weighted by molar-refractivity contribution is 8.01. The van der Waals surface area contributed by atoms with Gasteiger partial charge in [-0.05, 0) is 56.7 Å². The molecule has 0 unspecified atom stereocenters. The fourth-order valence-corrected chi connectivity index (χ4v) is 4.51. The number of nitrogens with one attached hydrogen (secondary N) is 1. The van der Waals surface area contributed by atoms with Crippen LogP contribution in [0.1, 0.15) is 42.0 Å². The van der Waals surface area contributed by atoms with Crippen molar-refractivity contribution < 1.29 is 45.5 Å². The lowest BCUT2D eigenvalue weighted by Crippen LogP contribution is -2.33. The van der Waals surface area contributed by atoms with Crippen LogP contribution in [0.25, 0.3) is 0 Å². The highest BCUT2D eigenvalue weighted by Crippen LogP contribution is 2.39. The zero-order chi connectivity index (χ0) is 29.9. The molecule has 0 saturated heterocycles. The molecule has 0 aliphatic rings. The molecule has 3 rings (SSSR count). The van der Waals surface area contributed by atoms with Crippen LogP contribution in [0.15, 0.2) is 58.2 Å². The number of aliphatic carboxylic acids is 1. The van der Waals surface area contributed by atoms with E-state index < -0.39 is 52.3 Å². The molecule has 2 aromatic carbocycles. The number of aromatic nitrogens is 1. The van der Waals surface area contributed by atoms with Crippen molar-refractivity contribution in [3.63, 3.8) is 0 Å². The molecule has 0 spiro atoms. The maximum Gasteiger partial charge on any atom is 0.418 e. The number of halogens is 6. The Morgan fingerprint density at radius 2 is 1.65 bits per heavy atom. The molecule has 0 aliphatic carbocycles. The van der Waals surface area contributed by atoms with Gasteiger partial charge < -0.3 is 14.8 Å². The van der Waals surface area contributed by atoms with Crippen molar-refractivity contribution in [2.24, 2.45) is 0 Å². The van der Waals surface area contributed by atoms with Gasteiger partial charge in [0, 0.05) is 11.4 Å². The number of carboxylic acids is 1. The molecule has 216 valence electrons. The van der Waals surface area contributed by atoms with Crippen molar-refractivity contribution in [1.82, 2.24) is 9.88 Å².